The van der Waals surface area contributed by atoms with Gasteiger partial charge in [0.05, 0.1) is 14.2 Å². The van der Waals surface area contributed by atoms with Crippen molar-refractivity contribution in [3.05, 3.63) is 29.3 Å². The fraction of sp³-hybridized carbons (Fsp3) is 0.562. The molecule has 1 atom stereocenters. The second kappa shape index (κ2) is 6.75. The lowest BCUT2D eigenvalue weighted by molar-refractivity contribution is -0.150. The van der Waals surface area contributed by atoms with E-state index in [1.165, 1.54) is 26.4 Å². The Morgan fingerprint density at radius 3 is 2.55 bits per heavy atom. The van der Waals surface area contributed by atoms with Crippen molar-refractivity contribution in [2.24, 2.45) is 0 Å². The van der Waals surface area contributed by atoms with Gasteiger partial charge < -0.3 is 14.6 Å². The summed E-state index contributed by atoms with van der Waals surface area (Å²) in [5.74, 6) is 0.644. The summed E-state index contributed by atoms with van der Waals surface area (Å²) >= 11 is 0. The number of carbonyl (C=O) groups excluding carboxylic acids is 1. The van der Waals surface area contributed by atoms with Crippen LogP contribution >= 0.6 is 0 Å². The number of hydrogen-bond donors (Lipinski definition) is 1. The van der Waals surface area contributed by atoms with Gasteiger partial charge in [0.25, 0.3) is 0 Å². The molecule has 1 aromatic rings. The fourth-order valence-electron chi connectivity index (χ4n) is 2.90. The average molecular weight is 278 g/mol. The van der Waals surface area contributed by atoms with Crippen molar-refractivity contribution in [1.29, 1.82) is 0 Å². The number of aliphatic hydroxyl groups is 1. The van der Waals surface area contributed by atoms with E-state index < -0.39 is 12.1 Å². The number of carbonyl (C=O) groups is 1. The molecule has 0 heterocycles. The highest BCUT2D eigenvalue weighted by Crippen LogP contribution is 2.38. The zero-order chi connectivity index (χ0) is 14.5. The lowest BCUT2D eigenvalue weighted by atomic mass is 9.83. The van der Waals surface area contributed by atoms with E-state index >= 15 is 0 Å². The van der Waals surface area contributed by atoms with Gasteiger partial charge in [0, 0.05) is 0 Å². The monoisotopic (exact) mass is 278 g/mol. The Morgan fingerprint density at radius 2 is 1.95 bits per heavy atom. The SMILES string of the molecule is COC(=O)C(O)c1ccc(OC)c(C2CCCCC2)c1. The molecule has 2 rings (SSSR count). The Bertz CT molecular complexity index is 464. The molecule has 0 amide bonds. The minimum atomic E-state index is -1.23. The van der Waals surface area contributed by atoms with Crippen LogP contribution in [0.3, 0.4) is 0 Å². The highest BCUT2D eigenvalue weighted by molar-refractivity contribution is 5.76. The highest BCUT2D eigenvalue weighted by Gasteiger charge is 2.23. The molecule has 1 aliphatic rings. The van der Waals surface area contributed by atoms with Crippen LogP contribution in [0, 0.1) is 0 Å². The van der Waals surface area contributed by atoms with Crippen LogP contribution in [0.4, 0.5) is 0 Å². The minimum Gasteiger partial charge on any atom is -0.496 e. The van der Waals surface area contributed by atoms with Crippen molar-refractivity contribution in [1.82, 2.24) is 0 Å². The van der Waals surface area contributed by atoms with Crippen LogP contribution in [0.25, 0.3) is 0 Å². The van der Waals surface area contributed by atoms with Crippen LogP contribution in [-0.4, -0.2) is 25.3 Å². The Morgan fingerprint density at radius 1 is 1.25 bits per heavy atom. The third kappa shape index (κ3) is 3.12. The largest absolute Gasteiger partial charge is 0.496 e. The van der Waals surface area contributed by atoms with Crippen LogP contribution < -0.4 is 4.74 Å². The molecule has 1 unspecified atom stereocenters. The molecule has 0 aromatic heterocycles. The summed E-state index contributed by atoms with van der Waals surface area (Å²) in [4.78, 5) is 11.5. The quantitative estimate of drug-likeness (QED) is 0.860. The average Bonchev–Trinajstić information content (AvgIpc) is 2.53. The molecule has 1 N–H and O–H groups in total. The summed E-state index contributed by atoms with van der Waals surface area (Å²) < 4.78 is 10.0. The zero-order valence-electron chi connectivity index (χ0n) is 12.1. The first-order valence-electron chi connectivity index (χ1n) is 7.11. The van der Waals surface area contributed by atoms with E-state index in [0.29, 0.717) is 11.5 Å². The van der Waals surface area contributed by atoms with Gasteiger partial charge in [-0.15, -0.1) is 0 Å². The number of rotatable bonds is 4. The first-order valence-corrected chi connectivity index (χ1v) is 7.11. The first-order chi connectivity index (χ1) is 9.67. The Hall–Kier alpha value is -1.55. The molecule has 0 bridgehead atoms. The van der Waals surface area contributed by atoms with Gasteiger partial charge in [-0.05, 0) is 42.0 Å². The van der Waals surface area contributed by atoms with Crippen LogP contribution in [-0.2, 0) is 9.53 Å². The Balaban J connectivity index is 2.30. The van der Waals surface area contributed by atoms with Gasteiger partial charge >= 0.3 is 5.97 Å². The van der Waals surface area contributed by atoms with Gasteiger partial charge in [-0.3, -0.25) is 0 Å². The molecule has 110 valence electrons. The van der Waals surface area contributed by atoms with Crippen molar-refractivity contribution >= 4 is 5.97 Å². The summed E-state index contributed by atoms with van der Waals surface area (Å²) in [6, 6.07) is 5.43. The number of methoxy groups -OCH3 is 2. The number of ether oxygens (including phenoxy) is 2. The highest BCUT2D eigenvalue weighted by atomic mass is 16.5. The summed E-state index contributed by atoms with van der Waals surface area (Å²) in [6.07, 6.45) is 4.76. The van der Waals surface area contributed by atoms with E-state index in [0.717, 1.165) is 24.2 Å². The maximum atomic E-state index is 11.5. The predicted molar refractivity (Wildman–Crippen MR) is 75.8 cm³/mol. The molecule has 4 heteroatoms. The lowest BCUT2D eigenvalue weighted by Gasteiger charge is -2.24. The molecular formula is C16H22O4. The molecule has 1 aliphatic carbocycles. The Kier molecular flexibility index (Phi) is 5.01. The number of aliphatic hydroxyl groups excluding tert-OH is 1. The predicted octanol–water partition coefficient (Wildman–Crippen LogP) is 2.95. The van der Waals surface area contributed by atoms with Crippen molar-refractivity contribution < 1.29 is 19.4 Å². The van der Waals surface area contributed by atoms with Gasteiger partial charge in [0.1, 0.15) is 5.75 Å². The molecule has 1 fully saturated rings. The minimum absolute atomic E-state index is 0.448. The Labute approximate surface area is 119 Å². The molecule has 20 heavy (non-hydrogen) atoms. The van der Waals surface area contributed by atoms with E-state index in [1.54, 1.807) is 13.2 Å². The first kappa shape index (κ1) is 14.9. The van der Waals surface area contributed by atoms with E-state index in [-0.39, 0.29) is 0 Å². The number of hydrogen-bond acceptors (Lipinski definition) is 4. The molecule has 4 nitrogen and oxygen atoms in total. The summed E-state index contributed by atoms with van der Waals surface area (Å²) in [5, 5.41) is 9.96. The van der Waals surface area contributed by atoms with Crippen molar-refractivity contribution in [2.45, 2.75) is 44.1 Å². The van der Waals surface area contributed by atoms with Gasteiger partial charge in [-0.25, -0.2) is 4.79 Å². The van der Waals surface area contributed by atoms with E-state index in [9.17, 15) is 9.90 Å². The third-order valence-electron chi connectivity index (χ3n) is 4.04. The standard InChI is InChI=1S/C16H22O4/c1-19-14-9-8-12(15(17)16(18)20-2)10-13(14)11-6-4-3-5-7-11/h8-11,15,17H,3-7H2,1-2H3. The zero-order valence-corrected chi connectivity index (χ0v) is 12.1. The molecule has 1 aromatic carbocycles. The lowest BCUT2D eigenvalue weighted by Crippen LogP contribution is -2.14. The molecule has 0 saturated heterocycles. The molecular weight excluding hydrogens is 256 g/mol. The second-order valence-electron chi connectivity index (χ2n) is 5.26. The topological polar surface area (TPSA) is 55.8 Å². The maximum Gasteiger partial charge on any atom is 0.339 e. The van der Waals surface area contributed by atoms with E-state index in [2.05, 4.69) is 4.74 Å². The number of benzene rings is 1. The second-order valence-corrected chi connectivity index (χ2v) is 5.26. The molecule has 0 aliphatic heterocycles. The van der Waals surface area contributed by atoms with E-state index in [4.69, 9.17) is 4.74 Å². The van der Waals surface area contributed by atoms with Gasteiger partial charge in [-0.2, -0.15) is 0 Å². The maximum absolute atomic E-state index is 11.5. The van der Waals surface area contributed by atoms with Crippen LogP contribution in [0.15, 0.2) is 18.2 Å². The summed E-state index contributed by atoms with van der Waals surface area (Å²) in [7, 11) is 2.93. The van der Waals surface area contributed by atoms with Crippen molar-refractivity contribution in [2.75, 3.05) is 14.2 Å². The van der Waals surface area contributed by atoms with Gasteiger partial charge in [0.2, 0.25) is 0 Å². The van der Waals surface area contributed by atoms with Gasteiger partial charge in [0.15, 0.2) is 6.10 Å². The van der Waals surface area contributed by atoms with Crippen LogP contribution in [0.2, 0.25) is 0 Å². The van der Waals surface area contributed by atoms with Crippen LogP contribution in [0.1, 0.15) is 55.3 Å². The number of esters is 1. The fourth-order valence-corrected chi connectivity index (χ4v) is 2.90. The summed E-state index contributed by atoms with van der Waals surface area (Å²) in [5.41, 5.74) is 1.66. The molecule has 0 radical (unpaired) electrons. The summed E-state index contributed by atoms with van der Waals surface area (Å²) in [6.45, 7) is 0. The van der Waals surface area contributed by atoms with Crippen LogP contribution in [0.5, 0.6) is 5.75 Å². The van der Waals surface area contributed by atoms with Crippen molar-refractivity contribution in [3.8, 4) is 5.75 Å². The smallest absolute Gasteiger partial charge is 0.339 e. The van der Waals surface area contributed by atoms with Crippen molar-refractivity contribution in [3.63, 3.8) is 0 Å². The van der Waals surface area contributed by atoms with Gasteiger partial charge in [-0.1, -0.05) is 25.3 Å². The third-order valence-corrected chi connectivity index (χ3v) is 4.04. The molecule has 1 saturated carbocycles. The molecule has 0 spiro atoms. The normalized spacial score (nSPS) is 17.6. The van der Waals surface area contributed by atoms with E-state index in [1.807, 2.05) is 12.1 Å².